The predicted octanol–water partition coefficient (Wildman–Crippen LogP) is 1.23. The van der Waals surface area contributed by atoms with Crippen molar-refractivity contribution in [1.82, 2.24) is 15.2 Å². The van der Waals surface area contributed by atoms with Gasteiger partial charge >= 0.3 is 5.97 Å². The van der Waals surface area contributed by atoms with Gasteiger partial charge in [0.1, 0.15) is 11.4 Å². The van der Waals surface area contributed by atoms with Crippen LogP contribution in [0.4, 0.5) is 11.5 Å². The lowest BCUT2D eigenvalue weighted by molar-refractivity contribution is -0.122. The van der Waals surface area contributed by atoms with Crippen molar-refractivity contribution in [2.75, 3.05) is 63.2 Å². The van der Waals surface area contributed by atoms with E-state index < -0.39 is 5.97 Å². The minimum Gasteiger partial charge on any atom is -0.478 e. The van der Waals surface area contributed by atoms with Crippen molar-refractivity contribution in [2.45, 2.75) is 6.92 Å². The van der Waals surface area contributed by atoms with E-state index in [0.29, 0.717) is 56.4 Å². The van der Waals surface area contributed by atoms with Gasteiger partial charge in [0.25, 0.3) is 5.91 Å². The number of aromatic nitrogens is 1. The number of aryl methyl sites for hydroxylation is 1. The van der Waals surface area contributed by atoms with Gasteiger partial charge in [-0.1, -0.05) is 17.7 Å². The molecule has 2 amide bonds. The summed E-state index contributed by atoms with van der Waals surface area (Å²) in [4.78, 5) is 44.6. The third-order valence-electron chi connectivity index (χ3n) is 5.30. The van der Waals surface area contributed by atoms with Crippen LogP contribution in [-0.2, 0) is 9.53 Å². The molecule has 0 aliphatic carbocycles. The lowest BCUT2D eigenvalue weighted by Crippen LogP contribution is -2.50. The predicted molar refractivity (Wildman–Crippen MR) is 124 cm³/mol. The zero-order chi connectivity index (χ0) is 23.8. The van der Waals surface area contributed by atoms with Crippen LogP contribution in [-0.4, -0.2) is 85.8 Å². The molecule has 1 aliphatic heterocycles. The third-order valence-corrected chi connectivity index (χ3v) is 5.30. The number of methoxy groups -OCH3 is 1. The molecule has 1 fully saturated rings. The van der Waals surface area contributed by atoms with Crippen LogP contribution in [0.1, 0.15) is 26.3 Å². The number of ether oxygens (including phenoxy) is 1. The molecule has 1 aliphatic rings. The Morgan fingerprint density at radius 2 is 1.91 bits per heavy atom. The van der Waals surface area contributed by atoms with Crippen LogP contribution in [0.2, 0.25) is 0 Å². The first-order chi connectivity index (χ1) is 15.9. The fraction of sp³-hybridized carbons (Fsp3) is 0.391. The summed E-state index contributed by atoms with van der Waals surface area (Å²) in [5.74, 6) is -1.18. The number of piperazine rings is 1. The molecule has 1 aromatic carbocycles. The van der Waals surface area contributed by atoms with Gasteiger partial charge in [0.05, 0.1) is 25.0 Å². The number of carbonyl (C=O) groups is 3. The van der Waals surface area contributed by atoms with E-state index in [-0.39, 0.29) is 23.9 Å². The number of carboxylic acid groups (broad SMARTS) is 1. The molecule has 10 heteroatoms. The first kappa shape index (κ1) is 24.1. The first-order valence-electron chi connectivity index (χ1n) is 10.7. The molecule has 1 saturated heterocycles. The number of pyridine rings is 1. The van der Waals surface area contributed by atoms with Gasteiger partial charge < -0.3 is 25.4 Å². The van der Waals surface area contributed by atoms with Crippen molar-refractivity contribution in [3.63, 3.8) is 0 Å². The van der Waals surface area contributed by atoms with E-state index in [1.807, 2.05) is 22.8 Å². The second-order valence-corrected chi connectivity index (χ2v) is 7.83. The van der Waals surface area contributed by atoms with Crippen molar-refractivity contribution in [3.8, 4) is 0 Å². The Bertz CT molecular complexity index is 1000. The summed E-state index contributed by atoms with van der Waals surface area (Å²) in [5.41, 5.74) is 1.77. The van der Waals surface area contributed by atoms with Crippen molar-refractivity contribution in [1.29, 1.82) is 0 Å². The molecule has 0 saturated carbocycles. The van der Waals surface area contributed by atoms with Crippen LogP contribution in [0.25, 0.3) is 0 Å². The molecule has 0 spiro atoms. The summed E-state index contributed by atoms with van der Waals surface area (Å²) < 4.78 is 4.92. The second kappa shape index (κ2) is 11.4. The maximum Gasteiger partial charge on any atom is 0.339 e. The molecule has 0 bridgehead atoms. The number of carbonyl (C=O) groups excluding carboxylic acids is 2. The summed E-state index contributed by atoms with van der Waals surface area (Å²) in [7, 11) is 1.58. The van der Waals surface area contributed by atoms with Gasteiger partial charge in [-0.2, -0.15) is 0 Å². The zero-order valence-corrected chi connectivity index (χ0v) is 18.8. The number of hydrogen-bond acceptors (Lipinski definition) is 7. The average Bonchev–Trinajstić information content (AvgIpc) is 2.80. The largest absolute Gasteiger partial charge is 0.478 e. The number of anilines is 2. The Morgan fingerprint density at radius 3 is 2.58 bits per heavy atom. The SMILES string of the molecule is COCCNC(=O)CN1CCN(c2ncc(NC(=O)c3cccc(C)c3)cc2C(=O)O)CC1. The van der Waals surface area contributed by atoms with E-state index in [9.17, 15) is 19.5 Å². The van der Waals surface area contributed by atoms with Crippen LogP contribution in [0.15, 0.2) is 36.5 Å². The second-order valence-electron chi connectivity index (χ2n) is 7.83. The maximum absolute atomic E-state index is 12.5. The number of nitrogens with zero attached hydrogens (tertiary/aromatic N) is 3. The minimum atomic E-state index is -1.12. The quantitative estimate of drug-likeness (QED) is 0.482. The summed E-state index contributed by atoms with van der Waals surface area (Å²) in [6.07, 6.45) is 1.46. The van der Waals surface area contributed by atoms with Gasteiger partial charge in [0.15, 0.2) is 0 Å². The van der Waals surface area contributed by atoms with Crippen LogP contribution in [0.5, 0.6) is 0 Å². The van der Waals surface area contributed by atoms with Crippen LogP contribution < -0.4 is 15.5 Å². The summed E-state index contributed by atoms with van der Waals surface area (Å²) in [6, 6.07) is 8.56. The molecule has 176 valence electrons. The topological polar surface area (TPSA) is 124 Å². The molecular formula is C23H29N5O5. The van der Waals surface area contributed by atoms with E-state index in [1.165, 1.54) is 12.3 Å². The van der Waals surface area contributed by atoms with Gasteiger partial charge in [0.2, 0.25) is 5.91 Å². The zero-order valence-electron chi connectivity index (χ0n) is 18.8. The molecule has 1 aromatic heterocycles. The summed E-state index contributed by atoms with van der Waals surface area (Å²) in [5, 5.41) is 15.2. The van der Waals surface area contributed by atoms with Crippen LogP contribution >= 0.6 is 0 Å². The Labute approximate surface area is 192 Å². The number of benzene rings is 1. The van der Waals surface area contributed by atoms with Crippen LogP contribution in [0.3, 0.4) is 0 Å². The molecule has 2 heterocycles. The normalized spacial score (nSPS) is 14.1. The smallest absolute Gasteiger partial charge is 0.339 e. The third kappa shape index (κ3) is 6.74. The summed E-state index contributed by atoms with van der Waals surface area (Å²) in [6.45, 7) is 5.37. The average molecular weight is 456 g/mol. The monoisotopic (exact) mass is 455 g/mol. The molecule has 10 nitrogen and oxygen atoms in total. The highest BCUT2D eigenvalue weighted by Crippen LogP contribution is 2.23. The molecule has 0 atom stereocenters. The first-order valence-corrected chi connectivity index (χ1v) is 10.7. The molecule has 2 aromatic rings. The van der Waals surface area contributed by atoms with E-state index in [0.717, 1.165) is 5.56 Å². The van der Waals surface area contributed by atoms with Crippen molar-refractivity contribution >= 4 is 29.3 Å². The molecule has 0 unspecified atom stereocenters. The molecule has 3 N–H and O–H groups in total. The van der Waals surface area contributed by atoms with E-state index in [2.05, 4.69) is 15.6 Å². The number of aromatic carboxylic acids is 1. The number of carboxylic acids is 1. The highest BCUT2D eigenvalue weighted by atomic mass is 16.5. The standard InChI is InChI=1S/C23H29N5O5/c1-16-4-3-5-17(12-16)22(30)26-18-13-19(23(31)32)21(25-14-18)28-9-7-27(8-10-28)15-20(29)24-6-11-33-2/h3-5,12-14H,6-11,15H2,1-2H3,(H,24,29)(H,26,30)(H,31,32). The molecule has 33 heavy (non-hydrogen) atoms. The van der Waals surface area contributed by atoms with Gasteiger partial charge in [-0.3, -0.25) is 14.5 Å². The van der Waals surface area contributed by atoms with Crippen LogP contribution in [0, 0.1) is 6.92 Å². The van der Waals surface area contributed by atoms with Crippen molar-refractivity contribution in [3.05, 3.63) is 53.2 Å². The highest BCUT2D eigenvalue weighted by Gasteiger charge is 2.24. The number of rotatable bonds is 9. The molecule has 0 radical (unpaired) electrons. The van der Waals surface area contributed by atoms with E-state index >= 15 is 0 Å². The summed E-state index contributed by atoms with van der Waals surface area (Å²) >= 11 is 0. The Hall–Kier alpha value is -3.50. The van der Waals surface area contributed by atoms with Crippen molar-refractivity contribution in [2.24, 2.45) is 0 Å². The highest BCUT2D eigenvalue weighted by molar-refractivity contribution is 6.05. The lowest BCUT2D eigenvalue weighted by atomic mass is 10.1. The molecule has 3 rings (SSSR count). The number of hydrogen-bond donors (Lipinski definition) is 3. The lowest BCUT2D eigenvalue weighted by Gasteiger charge is -2.35. The van der Waals surface area contributed by atoms with Gasteiger partial charge in [0, 0.05) is 45.4 Å². The number of amides is 2. The molecular weight excluding hydrogens is 426 g/mol. The van der Waals surface area contributed by atoms with E-state index in [4.69, 9.17) is 4.74 Å². The van der Waals surface area contributed by atoms with Crippen molar-refractivity contribution < 1.29 is 24.2 Å². The van der Waals surface area contributed by atoms with Gasteiger partial charge in [-0.15, -0.1) is 0 Å². The maximum atomic E-state index is 12.5. The Balaban J connectivity index is 1.62. The Morgan fingerprint density at radius 1 is 1.15 bits per heavy atom. The van der Waals surface area contributed by atoms with Gasteiger partial charge in [-0.25, -0.2) is 9.78 Å². The minimum absolute atomic E-state index is 0.0165. The fourth-order valence-electron chi connectivity index (χ4n) is 3.59. The Kier molecular flexibility index (Phi) is 8.34. The van der Waals surface area contributed by atoms with E-state index in [1.54, 1.807) is 25.3 Å². The number of nitrogens with one attached hydrogen (secondary N) is 2. The fourth-order valence-corrected chi connectivity index (χ4v) is 3.59. The van der Waals surface area contributed by atoms with Gasteiger partial charge in [-0.05, 0) is 25.1 Å².